The highest BCUT2D eigenvalue weighted by molar-refractivity contribution is 6.12. The van der Waals surface area contributed by atoms with Crippen LogP contribution in [0, 0.1) is 11.3 Å². The Morgan fingerprint density at radius 1 is 0.375 bits per heavy atom. The molecule has 6 nitrogen and oxygen atoms in total. The van der Waals surface area contributed by atoms with Crippen LogP contribution in [0.1, 0.15) is 19.3 Å². The van der Waals surface area contributed by atoms with E-state index in [1.54, 1.807) is 24.3 Å². The van der Waals surface area contributed by atoms with Gasteiger partial charge < -0.3 is 9.13 Å². The van der Waals surface area contributed by atoms with Crippen LogP contribution in [0.3, 0.4) is 0 Å². The summed E-state index contributed by atoms with van der Waals surface area (Å²) in [6.45, 7) is 0. The first-order valence-corrected chi connectivity index (χ1v) is 20.5. The molecule has 0 bridgehead atoms. The predicted molar refractivity (Wildman–Crippen MR) is 260 cm³/mol. The molecule has 6 heteroatoms. The van der Waals surface area contributed by atoms with Crippen LogP contribution in [0.25, 0.3) is 111 Å². The molecule has 0 N–H and O–H groups in total. The van der Waals surface area contributed by atoms with Crippen LogP contribution in [0.5, 0.6) is 0 Å². The largest absolute Gasteiger partial charge is 0.308 e. The Morgan fingerprint density at radius 3 is 1.31 bits per heavy atom. The Hall–Kier alpha value is -8.92. The second-order valence-electron chi connectivity index (χ2n) is 15.2. The van der Waals surface area contributed by atoms with E-state index in [-0.39, 0.29) is 46.7 Å². The van der Waals surface area contributed by atoms with Crippen LogP contribution in [0.2, 0.25) is 0 Å². The monoisotopic (exact) mass is 826 g/mol. The molecule has 0 amide bonds. The lowest BCUT2D eigenvalue weighted by Gasteiger charge is -2.19. The number of benzene rings is 9. The summed E-state index contributed by atoms with van der Waals surface area (Å²) in [5, 5.41) is 14.7. The molecule has 64 heavy (non-hydrogen) atoms. The van der Waals surface area contributed by atoms with Gasteiger partial charge in [0.25, 0.3) is 0 Å². The first kappa shape index (κ1) is 27.8. The molecule has 0 aliphatic carbocycles. The molecule has 298 valence electrons. The van der Waals surface area contributed by atoms with Gasteiger partial charge in [-0.3, -0.25) is 0 Å². The number of hydrogen-bond acceptors (Lipinski definition) is 4. The van der Waals surface area contributed by atoms with Crippen molar-refractivity contribution < 1.29 is 13.7 Å². The van der Waals surface area contributed by atoms with Gasteiger partial charge in [0.2, 0.25) is 0 Å². The Labute approximate surface area is 383 Å². The molecule has 0 aliphatic heterocycles. The van der Waals surface area contributed by atoms with Gasteiger partial charge in [0.05, 0.1) is 52.7 Å². The zero-order chi connectivity index (χ0) is 51.3. The second-order valence-corrected chi connectivity index (χ2v) is 15.2. The number of nitrogens with zero attached hydrogens (tertiary/aromatic N) is 6. The molecule has 0 saturated carbocycles. The third-order valence-corrected chi connectivity index (χ3v) is 11.6. The van der Waals surface area contributed by atoms with Gasteiger partial charge >= 0.3 is 0 Å². The standard InChI is InChI=1S/C58H36N6/c59-37-44-33-49(58-61-56(40-21-9-3-10-22-40)60-57(62-58)41-23-11-4-12-24-41)55(64-51-28-16-14-26-46(51)48-32-30-43(35-54(48)64)39-19-7-2-8-20-39)36-52(44)63-50-27-15-13-25-45(50)47-31-29-42(34-53(47)63)38-17-5-1-6-18-38/h1-36H/i1D,2D,5D,6D,7D,8D,17D,18D,19D,20D. The van der Waals surface area contributed by atoms with Crippen molar-refractivity contribution >= 4 is 43.6 Å². The van der Waals surface area contributed by atoms with Crippen LogP contribution >= 0.6 is 0 Å². The molecule has 0 unspecified atom stereocenters. The Bertz CT molecular complexity index is 4280. The van der Waals surface area contributed by atoms with Gasteiger partial charge in [0.1, 0.15) is 6.07 Å². The first-order chi connectivity index (χ1) is 35.8. The summed E-state index contributed by atoms with van der Waals surface area (Å²) < 4.78 is 90.3. The van der Waals surface area contributed by atoms with Gasteiger partial charge in [-0.25, -0.2) is 15.0 Å². The van der Waals surface area contributed by atoms with Crippen molar-refractivity contribution in [2.45, 2.75) is 0 Å². The molecule has 0 spiro atoms. The maximum absolute atomic E-state index is 11.4. The molecule has 0 saturated heterocycles. The summed E-state index contributed by atoms with van der Waals surface area (Å²) in [5.41, 5.74) is 6.57. The maximum Gasteiger partial charge on any atom is 0.166 e. The van der Waals surface area contributed by atoms with E-state index in [4.69, 9.17) is 28.7 Å². The highest BCUT2D eigenvalue weighted by Crippen LogP contribution is 2.42. The van der Waals surface area contributed by atoms with Crippen molar-refractivity contribution in [1.29, 1.82) is 5.26 Å². The van der Waals surface area contributed by atoms with E-state index in [9.17, 15) is 5.26 Å². The summed E-state index contributed by atoms with van der Waals surface area (Å²) in [4.78, 5) is 15.3. The minimum Gasteiger partial charge on any atom is -0.308 e. The third kappa shape index (κ3) is 6.14. The van der Waals surface area contributed by atoms with Crippen LogP contribution < -0.4 is 0 Å². The van der Waals surface area contributed by atoms with Crippen molar-refractivity contribution in [1.82, 2.24) is 24.1 Å². The predicted octanol–water partition coefficient (Wildman–Crippen LogP) is 14.3. The number of hydrogen-bond donors (Lipinski definition) is 0. The Balaban J connectivity index is 1.23. The van der Waals surface area contributed by atoms with Crippen molar-refractivity contribution in [3.8, 4) is 73.9 Å². The molecule has 3 heterocycles. The lowest BCUT2D eigenvalue weighted by molar-refractivity contribution is 1.06. The van der Waals surface area contributed by atoms with E-state index in [0.717, 1.165) is 43.7 Å². The van der Waals surface area contributed by atoms with Gasteiger partial charge in [0.15, 0.2) is 17.5 Å². The zero-order valence-electron chi connectivity index (χ0n) is 43.7. The average Bonchev–Trinajstić information content (AvgIpc) is 3.95. The lowest BCUT2D eigenvalue weighted by Crippen LogP contribution is -2.07. The molecular formula is C58H36N6. The highest BCUT2D eigenvalue weighted by Gasteiger charge is 2.24. The molecule has 0 fully saturated rings. The SMILES string of the molecule is [2H]c1c([2H])c([2H])c(-c2ccc3c4ccccc4n(-c4cc(-n5c6ccccc6c6ccc(-c7c([2H])c([2H])c([2H])c([2H])c7[2H])cc65)c(-c5nc(-c6ccccc6)nc(-c6ccccc6)n5)cc4C#N)c3c2)c([2H])c1[2H]. The maximum atomic E-state index is 11.4. The van der Waals surface area contributed by atoms with Crippen molar-refractivity contribution in [3.63, 3.8) is 0 Å². The molecule has 0 radical (unpaired) electrons. The smallest absolute Gasteiger partial charge is 0.166 e. The van der Waals surface area contributed by atoms with E-state index < -0.39 is 36.3 Å². The van der Waals surface area contributed by atoms with Crippen molar-refractivity contribution in [3.05, 3.63) is 224 Å². The number of para-hydroxylation sites is 2. The number of fused-ring (bicyclic) bond motifs is 6. The van der Waals surface area contributed by atoms with Gasteiger partial charge in [-0.2, -0.15) is 5.26 Å². The molecule has 0 atom stereocenters. The summed E-state index contributed by atoms with van der Waals surface area (Å²) in [7, 11) is 0. The second kappa shape index (κ2) is 15.2. The molecule has 12 aromatic rings. The van der Waals surface area contributed by atoms with Crippen LogP contribution in [-0.2, 0) is 0 Å². The molecular weight excluding hydrogens is 781 g/mol. The third-order valence-electron chi connectivity index (χ3n) is 11.6. The van der Waals surface area contributed by atoms with E-state index in [1.807, 2.05) is 143 Å². The van der Waals surface area contributed by atoms with E-state index in [1.165, 1.54) is 0 Å². The molecule has 0 aliphatic rings. The van der Waals surface area contributed by atoms with Gasteiger partial charge in [-0.15, -0.1) is 0 Å². The van der Waals surface area contributed by atoms with E-state index >= 15 is 0 Å². The number of rotatable bonds is 7. The Morgan fingerprint density at radius 2 is 0.812 bits per heavy atom. The van der Waals surface area contributed by atoms with E-state index in [0.29, 0.717) is 50.7 Å². The average molecular weight is 827 g/mol. The summed E-state index contributed by atoms with van der Waals surface area (Å²) in [6.07, 6.45) is 0. The van der Waals surface area contributed by atoms with Crippen LogP contribution in [-0.4, -0.2) is 24.1 Å². The number of nitriles is 1. The number of aromatic nitrogens is 5. The van der Waals surface area contributed by atoms with Crippen LogP contribution in [0.15, 0.2) is 218 Å². The quantitative estimate of drug-likeness (QED) is 0.160. The highest BCUT2D eigenvalue weighted by atomic mass is 15.1. The molecule has 3 aromatic heterocycles. The lowest BCUT2D eigenvalue weighted by atomic mass is 10.0. The summed E-state index contributed by atoms with van der Waals surface area (Å²) in [5.74, 6) is 1.02. The fourth-order valence-corrected chi connectivity index (χ4v) is 8.70. The normalized spacial score (nSPS) is 13.6. The summed E-state index contributed by atoms with van der Waals surface area (Å²) >= 11 is 0. The zero-order valence-corrected chi connectivity index (χ0v) is 33.7. The first-order valence-electron chi connectivity index (χ1n) is 25.5. The summed E-state index contributed by atoms with van der Waals surface area (Å²) in [6, 6.07) is 47.3. The van der Waals surface area contributed by atoms with E-state index in [2.05, 4.69) is 6.07 Å². The minimum absolute atomic E-state index is 0.0322. The van der Waals surface area contributed by atoms with Gasteiger partial charge in [0, 0.05) is 38.2 Å². The minimum atomic E-state index is -0.499. The topological polar surface area (TPSA) is 72.3 Å². The molecule has 12 rings (SSSR count). The van der Waals surface area contributed by atoms with Crippen molar-refractivity contribution in [2.24, 2.45) is 0 Å². The van der Waals surface area contributed by atoms with Crippen molar-refractivity contribution in [2.75, 3.05) is 0 Å². The van der Waals surface area contributed by atoms with Crippen LogP contribution in [0.4, 0.5) is 0 Å². The molecule has 9 aromatic carbocycles. The fraction of sp³-hybridized carbons (Fsp3) is 0. The van der Waals surface area contributed by atoms with Gasteiger partial charge in [-0.1, -0.05) is 182 Å². The fourth-order valence-electron chi connectivity index (χ4n) is 8.70. The van der Waals surface area contributed by atoms with Gasteiger partial charge in [-0.05, 0) is 58.7 Å². The Kier molecular flexibility index (Phi) is 6.62.